The standard InChI is InChI=1S/C25H31N5O3/c1-18-20-9-10-22(31)27-24(20)28-25(26-18)33-16-3-2-11-29-12-14-30(15-13-29)21-8-4-6-19-7-5-17-32-23(19)21/h4,6,8-10H,2-3,5,7,11-17H2,1H3,(H,26,27,28,31). The number of pyridine rings is 1. The minimum Gasteiger partial charge on any atom is -0.491 e. The van der Waals surface area contributed by atoms with E-state index >= 15 is 0 Å². The Bertz CT molecular complexity index is 1170. The van der Waals surface area contributed by atoms with E-state index in [4.69, 9.17) is 9.47 Å². The van der Waals surface area contributed by atoms with Gasteiger partial charge in [-0.25, -0.2) is 0 Å². The molecular weight excluding hydrogens is 418 g/mol. The van der Waals surface area contributed by atoms with Crippen LogP contribution in [0.5, 0.6) is 11.8 Å². The lowest BCUT2D eigenvalue weighted by atomic mass is 10.0. The first kappa shape index (κ1) is 21.7. The molecule has 33 heavy (non-hydrogen) atoms. The van der Waals surface area contributed by atoms with Gasteiger partial charge in [0, 0.05) is 37.6 Å². The van der Waals surface area contributed by atoms with Gasteiger partial charge in [0.2, 0.25) is 5.56 Å². The van der Waals surface area contributed by atoms with E-state index in [1.807, 2.05) is 6.92 Å². The molecule has 0 spiro atoms. The molecular formula is C25H31N5O3. The molecule has 2 aromatic heterocycles. The van der Waals surface area contributed by atoms with Gasteiger partial charge in [0.05, 0.1) is 24.6 Å². The molecule has 3 aromatic rings. The number of anilines is 1. The number of hydrogen-bond donors (Lipinski definition) is 1. The maximum atomic E-state index is 11.5. The second-order valence-corrected chi connectivity index (χ2v) is 8.78. The highest BCUT2D eigenvalue weighted by atomic mass is 16.5. The Morgan fingerprint density at radius 3 is 2.85 bits per heavy atom. The van der Waals surface area contributed by atoms with E-state index in [9.17, 15) is 4.79 Å². The quantitative estimate of drug-likeness (QED) is 0.555. The van der Waals surface area contributed by atoms with Gasteiger partial charge < -0.3 is 19.4 Å². The number of nitrogens with one attached hydrogen (secondary N) is 1. The molecule has 2 aliphatic rings. The van der Waals surface area contributed by atoms with Crippen molar-refractivity contribution in [2.45, 2.75) is 32.6 Å². The molecule has 0 amide bonds. The average Bonchev–Trinajstić information content (AvgIpc) is 2.84. The van der Waals surface area contributed by atoms with Crippen LogP contribution in [0.25, 0.3) is 11.0 Å². The molecule has 0 bridgehead atoms. The van der Waals surface area contributed by atoms with Gasteiger partial charge in [-0.2, -0.15) is 9.97 Å². The number of nitrogens with zero attached hydrogens (tertiary/aromatic N) is 4. The Balaban J connectivity index is 1.06. The topological polar surface area (TPSA) is 83.6 Å². The van der Waals surface area contributed by atoms with Gasteiger partial charge in [-0.05, 0) is 56.8 Å². The van der Waals surface area contributed by atoms with E-state index in [0.29, 0.717) is 18.3 Å². The van der Waals surface area contributed by atoms with Crippen LogP contribution in [0.1, 0.15) is 30.5 Å². The fraction of sp³-hybridized carbons (Fsp3) is 0.480. The van der Waals surface area contributed by atoms with Crippen molar-refractivity contribution in [1.29, 1.82) is 0 Å². The summed E-state index contributed by atoms with van der Waals surface area (Å²) < 4.78 is 11.8. The Morgan fingerprint density at radius 1 is 1.09 bits per heavy atom. The maximum Gasteiger partial charge on any atom is 0.318 e. The Kier molecular flexibility index (Phi) is 6.44. The normalized spacial score (nSPS) is 16.5. The number of unbranched alkanes of at least 4 members (excludes halogenated alkanes) is 1. The average molecular weight is 450 g/mol. The van der Waals surface area contributed by atoms with Gasteiger partial charge in [-0.3, -0.25) is 9.69 Å². The SMILES string of the molecule is Cc1nc(OCCCCN2CCN(c3cccc4c3OCCC4)CC2)nc2[nH]c(=O)ccc12. The van der Waals surface area contributed by atoms with Crippen molar-refractivity contribution < 1.29 is 9.47 Å². The zero-order valence-electron chi connectivity index (χ0n) is 19.2. The molecule has 0 aliphatic carbocycles. The van der Waals surface area contributed by atoms with Gasteiger partial charge in [-0.15, -0.1) is 0 Å². The first-order chi connectivity index (χ1) is 16.2. The van der Waals surface area contributed by atoms with E-state index in [-0.39, 0.29) is 5.56 Å². The van der Waals surface area contributed by atoms with Crippen LogP contribution < -0.4 is 19.9 Å². The van der Waals surface area contributed by atoms with Crippen LogP contribution in [0, 0.1) is 6.92 Å². The van der Waals surface area contributed by atoms with E-state index < -0.39 is 0 Å². The Labute approximate surface area is 193 Å². The van der Waals surface area contributed by atoms with Gasteiger partial charge in [0.15, 0.2) is 0 Å². The highest BCUT2D eigenvalue weighted by Crippen LogP contribution is 2.35. The molecule has 5 rings (SSSR count). The van der Waals surface area contributed by atoms with Crippen molar-refractivity contribution in [3.63, 3.8) is 0 Å². The lowest BCUT2D eigenvalue weighted by Gasteiger charge is -2.37. The van der Waals surface area contributed by atoms with Crippen LogP contribution in [0.15, 0.2) is 35.1 Å². The van der Waals surface area contributed by atoms with Gasteiger partial charge >= 0.3 is 6.01 Å². The van der Waals surface area contributed by atoms with Gasteiger partial charge in [0.25, 0.3) is 0 Å². The monoisotopic (exact) mass is 449 g/mol. The number of hydrogen-bond acceptors (Lipinski definition) is 7. The summed E-state index contributed by atoms with van der Waals surface area (Å²) in [6.45, 7) is 8.52. The van der Waals surface area contributed by atoms with Crippen molar-refractivity contribution in [3.8, 4) is 11.8 Å². The van der Waals surface area contributed by atoms with Crippen LogP contribution in [0.2, 0.25) is 0 Å². The summed E-state index contributed by atoms with van der Waals surface area (Å²) in [7, 11) is 0. The number of piperazine rings is 1. The van der Waals surface area contributed by atoms with Crippen LogP contribution in [-0.2, 0) is 6.42 Å². The summed E-state index contributed by atoms with van der Waals surface area (Å²) in [5.41, 5.74) is 3.75. The summed E-state index contributed by atoms with van der Waals surface area (Å²) >= 11 is 0. The van der Waals surface area contributed by atoms with E-state index in [1.54, 1.807) is 6.07 Å². The molecule has 0 radical (unpaired) electrons. The summed E-state index contributed by atoms with van der Waals surface area (Å²) in [6, 6.07) is 10.1. The lowest BCUT2D eigenvalue weighted by molar-refractivity contribution is 0.232. The van der Waals surface area contributed by atoms with Crippen molar-refractivity contribution in [2.24, 2.45) is 0 Å². The van der Waals surface area contributed by atoms with Crippen molar-refractivity contribution in [2.75, 3.05) is 50.8 Å². The number of aromatic amines is 1. The van der Waals surface area contributed by atoms with Crippen molar-refractivity contribution >= 4 is 16.7 Å². The molecule has 4 heterocycles. The van der Waals surface area contributed by atoms with E-state index in [2.05, 4.69) is 43.0 Å². The van der Waals surface area contributed by atoms with E-state index in [1.165, 1.54) is 17.3 Å². The number of aromatic nitrogens is 3. The number of benzene rings is 1. The fourth-order valence-electron chi connectivity index (χ4n) is 4.67. The zero-order chi connectivity index (χ0) is 22.6. The third-order valence-electron chi connectivity index (χ3n) is 6.48. The number of fused-ring (bicyclic) bond motifs is 2. The molecule has 1 fully saturated rings. The number of para-hydroxylation sites is 1. The van der Waals surface area contributed by atoms with Crippen LogP contribution in [-0.4, -0.2) is 65.8 Å². The number of rotatable bonds is 7. The highest BCUT2D eigenvalue weighted by molar-refractivity contribution is 5.76. The predicted octanol–water partition coefficient (Wildman–Crippen LogP) is 2.93. The molecule has 0 unspecified atom stereocenters. The first-order valence-electron chi connectivity index (χ1n) is 11.9. The molecule has 8 heteroatoms. The Morgan fingerprint density at radius 2 is 1.97 bits per heavy atom. The molecule has 2 aliphatic heterocycles. The first-order valence-corrected chi connectivity index (χ1v) is 11.9. The summed E-state index contributed by atoms with van der Waals surface area (Å²) in [5, 5.41) is 0.837. The molecule has 1 N–H and O–H groups in total. The molecule has 174 valence electrons. The predicted molar refractivity (Wildman–Crippen MR) is 129 cm³/mol. The van der Waals surface area contributed by atoms with E-state index in [0.717, 1.165) is 81.8 Å². The van der Waals surface area contributed by atoms with Crippen molar-refractivity contribution in [3.05, 3.63) is 51.9 Å². The smallest absolute Gasteiger partial charge is 0.318 e. The number of H-pyrrole nitrogens is 1. The fourth-order valence-corrected chi connectivity index (χ4v) is 4.67. The number of ether oxygens (including phenoxy) is 2. The molecule has 8 nitrogen and oxygen atoms in total. The molecule has 1 aromatic carbocycles. The van der Waals surface area contributed by atoms with Crippen LogP contribution >= 0.6 is 0 Å². The minimum atomic E-state index is -0.175. The van der Waals surface area contributed by atoms with Gasteiger partial charge in [-0.1, -0.05) is 12.1 Å². The summed E-state index contributed by atoms with van der Waals surface area (Å²) in [5.74, 6) is 1.10. The third kappa shape index (κ3) is 4.95. The second-order valence-electron chi connectivity index (χ2n) is 8.78. The summed E-state index contributed by atoms with van der Waals surface area (Å²) in [4.78, 5) is 28.0. The van der Waals surface area contributed by atoms with Crippen LogP contribution in [0.3, 0.4) is 0 Å². The van der Waals surface area contributed by atoms with Crippen molar-refractivity contribution in [1.82, 2.24) is 19.9 Å². The largest absolute Gasteiger partial charge is 0.491 e. The molecule has 0 atom stereocenters. The van der Waals surface area contributed by atoms with Gasteiger partial charge in [0.1, 0.15) is 11.4 Å². The lowest BCUT2D eigenvalue weighted by Crippen LogP contribution is -2.46. The zero-order valence-corrected chi connectivity index (χ0v) is 19.2. The third-order valence-corrected chi connectivity index (χ3v) is 6.48. The minimum absolute atomic E-state index is 0.175. The number of aryl methyl sites for hydroxylation is 2. The highest BCUT2D eigenvalue weighted by Gasteiger charge is 2.22. The second kappa shape index (κ2) is 9.79. The molecule has 0 saturated carbocycles. The molecule has 1 saturated heterocycles. The van der Waals surface area contributed by atoms with Crippen LogP contribution in [0.4, 0.5) is 5.69 Å². The maximum absolute atomic E-state index is 11.5. The summed E-state index contributed by atoms with van der Waals surface area (Å²) in [6.07, 6.45) is 4.23. The Hall–Kier alpha value is -3.13.